The van der Waals surface area contributed by atoms with Crippen LogP contribution in [0.2, 0.25) is 39.3 Å². The van der Waals surface area contributed by atoms with Crippen molar-refractivity contribution in [1.29, 1.82) is 0 Å². The van der Waals surface area contributed by atoms with Crippen molar-refractivity contribution in [3.05, 3.63) is 29.8 Å². The minimum Gasteiger partial charge on any atom is -0.496 e. The number of para-hydroxylation sites is 1. The summed E-state index contributed by atoms with van der Waals surface area (Å²) in [6.45, 7) is 13.8. The molecule has 0 spiro atoms. The van der Waals surface area contributed by atoms with E-state index in [2.05, 4.69) is 51.4 Å². The third kappa shape index (κ3) is 4.26. The fraction of sp³-hybridized carbons (Fsp3) is 0.571. The van der Waals surface area contributed by atoms with E-state index in [1.165, 1.54) is 5.56 Å². The first-order chi connectivity index (χ1) is 8.15. The summed E-state index contributed by atoms with van der Waals surface area (Å²) in [6.07, 6.45) is 0. The Bertz CT molecular complexity index is 392. The van der Waals surface area contributed by atoms with E-state index in [1.54, 1.807) is 7.11 Å². The Balaban J connectivity index is 3.18. The summed E-state index contributed by atoms with van der Waals surface area (Å²) in [4.78, 5) is 0. The van der Waals surface area contributed by atoms with Crippen LogP contribution < -0.4 is 4.74 Å². The predicted octanol–water partition coefficient (Wildman–Crippen LogP) is 4.47. The van der Waals surface area contributed by atoms with E-state index >= 15 is 0 Å². The van der Waals surface area contributed by atoms with Crippen molar-refractivity contribution in [2.24, 2.45) is 0 Å². The lowest BCUT2D eigenvalue weighted by Crippen LogP contribution is -2.40. The zero-order valence-electron chi connectivity index (χ0n) is 12.7. The maximum absolute atomic E-state index is 6.45. The zero-order chi connectivity index (χ0) is 14.0. The van der Waals surface area contributed by atoms with Gasteiger partial charge in [-0.2, -0.15) is 0 Å². The van der Waals surface area contributed by atoms with Gasteiger partial charge in [-0.3, -0.25) is 0 Å². The van der Waals surface area contributed by atoms with Crippen molar-refractivity contribution in [3.8, 4) is 5.75 Å². The molecule has 4 heteroatoms. The van der Waals surface area contributed by atoms with Crippen molar-refractivity contribution < 1.29 is 9.16 Å². The maximum Gasteiger partial charge on any atom is 0.184 e. The van der Waals surface area contributed by atoms with Gasteiger partial charge in [0.2, 0.25) is 0 Å². The van der Waals surface area contributed by atoms with Gasteiger partial charge in [-0.25, -0.2) is 0 Å². The molecule has 0 bridgehead atoms. The van der Waals surface area contributed by atoms with Crippen molar-refractivity contribution in [2.75, 3.05) is 7.11 Å². The van der Waals surface area contributed by atoms with Crippen LogP contribution in [0.5, 0.6) is 5.75 Å². The second-order valence-electron chi connectivity index (χ2n) is 6.72. The number of hydrogen-bond acceptors (Lipinski definition) is 2. The van der Waals surface area contributed by atoms with Crippen LogP contribution in [0.25, 0.3) is 0 Å². The van der Waals surface area contributed by atoms with Gasteiger partial charge in [-0.1, -0.05) is 37.8 Å². The van der Waals surface area contributed by atoms with Gasteiger partial charge in [0.25, 0.3) is 0 Å². The molecule has 0 radical (unpaired) electrons. The van der Waals surface area contributed by atoms with Gasteiger partial charge in [0, 0.05) is 5.56 Å². The lowest BCUT2D eigenvalue weighted by atomic mass is 10.2. The van der Waals surface area contributed by atoms with Crippen LogP contribution in [0, 0.1) is 0 Å². The van der Waals surface area contributed by atoms with E-state index in [9.17, 15) is 0 Å². The van der Waals surface area contributed by atoms with Gasteiger partial charge in [-0.05, 0) is 25.7 Å². The third-order valence-electron chi connectivity index (χ3n) is 2.68. The van der Waals surface area contributed by atoms with Crippen LogP contribution in [0.1, 0.15) is 11.3 Å². The molecule has 102 valence electrons. The van der Waals surface area contributed by atoms with E-state index in [0.29, 0.717) is 0 Å². The van der Waals surface area contributed by atoms with Crippen molar-refractivity contribution in [2.45, 2.75) is 45.0 Å². The number of ether oxygens (including phenoxy) is 1. The number of methoxy groups -OCH3 is 1. The minimum atomic E-state index is -1.57. The average molecular weight is 283 g/mol. The van der Waals surface area contributed by atoms with Crippen LogP contribution >= 0.6 is 0 Å². The highest BCUT2D eigenvalue weighted by Gasteiger charge is 2.34. The molecular weight excluding hydrogens is 256 g/mol. The molecule has 0 heterocycles. The number of benzene rings is 1. The SMILES string of the molecule is COc1ccccc1C(O[Si](C)(C)C)[Si](C)(C)C. The molecule has 0 fully saturated rings. The Hall–Kier alpha value is -0.586. The van der Waals surface area contributed by atoms with Gasteiger partial charge in [0.15, 0.2) is 8.32 Å². The molecule has 0 saturated heterocycles. The Morgan fingerprint density at radius 3 is 1.94 bits per heavy atom. The van der Waals surface area contributed by atoms with Crippen LogP contribution in [-0.4, -0.2) is 23.5 Å². The molecule has 0 amide bonds. The standard InChI is InChI=1S/C14H26O2Si2/c1-15-13-11-9-8-10-12(13)14(17(2,3)4)16-18(5,6)7/h8-11,14H,1-7H3. The molecule has 0 saturated carbocycles. The molecule has 1 aromatic carbocycles. The molecule has 0 aliphatic rings. The van der Waals surface area contributed by atoms with E-state index in [-0.39, 0.29) is 5.73 Å². The van der Waals surface area contributed by atoms with Crippen molar-refractivity contribution in [1.82, 2.24) is 0 Å². The van der Waals surface area contributed by atoms with Crippen LogP contribution in [0.15, 0.2) is 24.3 Å². The number of hydrogen-bond donors (Lipinski definition) is 0. The van der Waals surface area contributed by atoms with Crippen molar-refractivity contribution >= 4 is 16.4 Å². The van der Waals surface area contributed by atoms with Gasteiger partial charge >= 0.3 is 0 Å². The highest BCUT2D eigenvalue weighted by atomic mass is 28.4. The first-order valence-corrected chi connectivity index (χ1v) is 13.4. The van der Waals surface area contributed by atoms with E-state index in [1.807, 2.05) is 12.1 Å². The molecule has 0 aliphatic carbocycles. The summed E-state index contributed by atoms with van der Waals surface area (Å²) >= 11 is 0. The molecule has 0 N–H and O–H groups in total. The molecule has 1 rings (SSSR count). The molecule has 2 nitrogen and oxygen atoms in total. The Morgan fingerprint density at radius 1 is 0.944 bits per heavy atom. The van der Waals surface area contributed by atoms with Gasteiger partial charge in [-0.15, -0.1) is 0 Å². The molecule has 0 aromatic heterocycles. The van der Waals surface area contributed by atoms with Gasteiger partial charge in [0.1, 0.15) is 5.75 Å². The van der Waals surface area contributed by atoms with Gasteiger partial charge in [0.05, 0.1) is 20.9 Å². The maximum atomic E-state index is 6.45. The Kier molecular flexibility index (Phi) is 4.80. The Labute approximate surface area is 113 Å². The fourth-order valence-electron chi connectivity index (χ4n) is 1.94. The highest BCUT2D eigenvalue weighted by Crippen LogP contribution is 2.36. The van der Waals surface area contributed by atoms with E-state index < -0.39 is 16.4 Å². The molecule has 1 aromatic rings. The second-order valence-corrected chi connectivity index (χ2v) is 16.4. The summed E-state index contributed by atoms with van der Waals surface area (Å²) in [5, 5.41) is 0. The smallest absolute Gasteiger partial charge is 0.184 e. The molecule has 18 heavy (non-hydrogen) atoms. The van der Waals surface area contributed by atoms with Crippen LogP contribution in [-0.2, 0) is 4.43 Å². The summed E-state index contributed by atoms with van der Waals surface area (Å²) in [5.41, 5.74) is 1.42. The number of rotatable bonds is 5. The second kappa shape index (κ2) is 5.59. The first kappa shape index (κ1) is 15.5. The molecule has 1 atom stereocenters. The average Bonchev–Trinajstić information content (AvgIpc) is 2.23. The molecule has 1 unspecified atom stereocenters. The topological polar surface area (TPSA) is 18.5 Å². The minimum absolute atomic E-state index is 0.209. The van der Waals surface area contributed by atoms with Gasteiger partial charge < -0.3 is 9.16 Å². The lowest BCUT2D eigenvalue weighted by Gasteiger charge is -2.35. The van der Waals surface area contributed by atoms with Crippen molar-refractivity contribution in [3.63, 3.8) is 0 Å². The highest BCUT2D eigenvalue weighted by molar-refractivity contribution is 6.79. The third-order valence-corrected chi connectivity index (χ3v) is 5.86. The van der Waals surface area contributed by atoms with E-state index in [0.717, 1.165) is 5.75 Å². The largest absolute Gasteiger partial charge is 0.496 e. The lowest BCUT2D eigenvalue weighted by molar-refractivity contribution is 0.261. The summed E-state index contributed by atoms with van der Waals surface area (Å²) in [6, 6.07) is 8.24. The molecular formula is C14H26O2Si2. The summed E-state index contributed by atoms with van der Waals surface area (Å²) < 4.78 is 11.9. The fourth-order valence-corrected chi connectivity index (χ4v) is 6.42. The molecule has 0 aliphatic heterocycles. The summed E-state index contributed by atoms with van der Waals surface area (Å²) in [5.74, 6) is 0.947. The normalized spacial score (nSPS) is 14.4. The van der Waals surface area contributed by atoms with Crippen LogP contribution in [0.4, 0.5) is 0 Å². The predicted molar refractivity (Wildman–Crippen MR) is 83.5 cm³/mol. The van der Waals surface area contributed by atoms with E-state index in [4.69, 9.17) is 9.16 Å². The monoisotopic (exact) mass is 282 g/mol. The van der Waals surface area contributed by atoms with Crippen LogP contribution in [0.3, 0.4) is 0 Å². The first-order valence-electron chi connectivity index (χ1n) is 6.46. The summed E-state index contributed by atoms with van der Waals surface area (Å²) in [7, 11) is -1.29. The quantitative estimate of drug-likeness (QED) is 0.742. The zero-order valence-corrected chi connectivity index (χ0v) is 14.7. The Morgan fingerprint density at radius 2 is 1.50 bits per heavy atom.